The first kappa shape index (κ1) is 25.8. The molecule has 2 N–H and O–H groups in total. The minimum atomic E-state index is -0.725. The molecule has 1 heterocycles. The van der Waals surface area contributed by atoms with Gasteiger partial charge < -0.3 is 20.3 Å². The molecule has 36 heavy (non-hydrogen) atoms. The quantitative estimate of drug-likeness (QED) is 0.475. The second kappa shape index (κ2) is 11.2. The lowest BCUT2D eigenvalue weighted by atomic mass is 9.98. The Bertz CT molecular complexity index is 1120. The topological polar surface area (TPSA) is 105 Å². The van der Waals surface area contributed by atoms with Gasteiger partial charge in [-0.15, -0.1) is 12.6 Å². The zero-order chi connectivity index (χ0) is 25.8. The largest absolute Gasteiger partial charge is 0.449 e. The average Bonchev–Trinajstić information content (AvgIpc) is 3.47. The van der Waals surface area contributed by atoms with Crippen molar-refractivity contribution in [3.63, 3.8) is 0 Å². The highest BCUT2D eigenvalue weighted by Crippen LogP contribution is 2.44. The van der Waals surface area contributed by atoms with Gasteiger partial charge in [0.25, 0.3) is 0 Å². The van der Waals surface area contributed by atoms with Crippen molar-refractivity contribution >= 4 is 35.7 Å². The number of nitrogens with zero attached hydrogens (tertiary/aromatic N) is 1. The number of amides is 3. The molecular weight excluding hydrogens is 478 g/mol. The van der Waals surface area contributed by atoms with E-state index in [2.05, 4.69) is 35.4 Å². The van der Waals surface area contributed by atoms with Crippen LogP contribution < -0.4 is 10.6 Å². The summed E-state index contributed by atoms with van der Waals surface area (Å²) in [5.74, 6) is -0.962. The predicted molar refractivity (Wildman–Crippen MR) is 139 cm³/mol. The summed E-state index contributed by atoms with van der Waals surface area (Å²) in [6, 6.07) is 14.7. The van der Waals surface area contributed by atoms with Gasteiger partial charge in [-0.2, -0.15) is 0 Å². The van der Waals surface area contributed by atoms with E-state index in [9.17, 15) is 19.2 Å². The van der Waals surface area contributed by atoms with Crippen LogP contribution in [0, 0.1) is 5.92 Å². The number of carbonyl (C=O) groups excluding carboxylic acids is 4. The minimum absolute atomic E-state index is 0.0750. The Morgan fingerprint density at radius 2 is 1.64 bits per heavy atom. The van der Waals surface area contributed by atoms with Crippen LogP contribution in [-0.2, 0) is 19.1 Å². The first-order valence-corrected chi connectivity index (χ1v) is 12.6. The minimum Gasteiger partial charge on any atom is -0.449 e. The summed E-state index contributed by atoms with van der Waals surface area (Å²) in [7, 11) is 0. The summed E-state index contributed by atoms with van der Waals surface area (Å²) in [5.41, 5.74) is 4.48. The molecule has 1 fully saturated rings. The molecule has 0 saturated carbocycles. The fourth-order valence-electron chi connectivity index (χ4n) is 5.00. The van der Waals surface area contributed by atoms with Crippen LogP contribution in [-0.4, -0.2) is 59.7 Å². The van der Waals surface area contributed by atoms with Crippen LogP contribution in [0.25, 0.3) is 11.1 Å². The number of carbonyl (C=O) groups is 4. The van der Waals surface area contributed by atoms with Crippen molar-refractivity contribution in [1.82, 2.24) is 15.5 Å². The number of nitrogens with one attached hydrogen (secondary N) is 2. The van der Waals surface area contributed by atoms with Gasteiger partial charge in [0, 0.05) is 12.5 Å². The summed E-state index contributed by atoms with van der Waals surface area (Å²) in [4.78, 5) is 51.2. The summed E-state index contributed by atoms with van der Waals surface area (Å²) in [6.45, 7) is 3.91. The number of thiol groups is 1. The lowest BCUT2D eigenvalue weighted by molar-refractivity contribution is -0.138. The molecule has 0 aromatic heterocycles. The number of benzene rings is 2. The molecule has 0 radical (unpaired) electrons. The highest BCUT2D eigenvalue weighted by Gasteiger charge is 2.36. The van der Waals surface area contributed by atoms with Gasteiger partial charge in [-0.3, -0.25) is 14.4 Å². The van der Waals surface area contributed by atoms with E-state index in [0.717, 1.165) is 22.3 Å². The third kappa shape index (κ3) is 5.41. The van der Waals surface area contributed by atoms with E-state index >= 15 is 0 Å². The van der Waals surface area contributed by atoms with Gasteiger partial charge in [0.1, 0.15) is 25.2 Å². The highest BCUT2D eigenvalue weighted by molar-refractivity contribution is 7.96. The van der Waals surface area contributed by atoms with Gasteiger partial charge in [0.2, 0.25) is 16.9 Å². The summed E-state index contributed by atoms with van der Waals surface area (Å²) in [5, 5.41) is 4.80. The Balaban J connectivity index is 1.30. The van der Waals surface area contributed by atoms with E-state index in [1.165, 1.54) is 4.90 Å². The van der Waals surface area contributed by atoms with Crippen molar-refractivity contribution in [3.05, 3.63) is 59.7 Å². The number of hydrogen-bond donors (Lipinski definition) is 3. The Hall–Kier alpha value is -3.33. The van der Waals surface area contributed by atoms with E-state index < -0.39 is 23.3 Å². The van der Waals surface area contributed by atoms with Crippen molar-refractivity contribution in [2.24, 2.45) is 5.92 Å². The van der Waals surface area contributed by atoms with Gasteiger partial charge in [0.15, 0.2) is 0 Å². The number of fused-ring (bicyclic) bond motifs is 3. The van der Waals surface area contributed by atoms with E-state index in [1.54, 1.807) is 0 Å². The molecule has 2 aromatic rings. The van der Waals surface area contributed by atoms with Crippen LogP contribution in [0.2, 0.25) is 0 Å². The summed E-state index contributed by atoms with van der Waals surface area (Å²) < 4.78 is 5.49. The highest BCUT2D eigenvalue weighted by atomic mass is 32.1. The molecule has 1 aliphatic carbocycles. The Kier molecular flexibility index (Phi) is 7.98. The maximum Gasteiger partial charge on any atom is 0.407 e. The monoisotopic (exact) mass is 509 g/mol. The molecule has 0 bridgehead atoms. The van der Waals surface area contributed by atoms with Crippen LogP contribution in [0.5, 0.6) is 0 Å². The SMILES string of the molecule is CC(C)[C@H](NC(=O)[C@@H]1CCCN1C(=O)CNC(=O)OCC1c2ccccc2-c2ccccc21)C(=O)S. The third-order valence-electron chi connectivity index (χ3n) is 6.83. The maximum atomic E-state index is 12.8. The third-order valence-corrected chi connectivity index (χ3v) is 7.11. The normalized spacial score (nSPS) is 17.3. The number of alkyl carbamates (subject to hydrolysis) is 1. The first-order valence-electron chi connectivity index (χ1n) is 12.2. The number of rotatable bonds is 8. The molecule has 4 rings (SSSR count). The molecule has 0 spiro atoms. The van der Waals surface area contributed by atoms with Crippen LogP contribution in [0.1, 0.15) is 43.7 Å². The average molecular weight is 510 g/mol. The Morgan fingerprint density at radius 3 is 2.22 bits per heavy atom. The molecule has 190 valence electrons. The zero-order valence-corrected chi connectivity index (χ0v) is 21.3. The lowest BCUT2D eigenvalue weighted by Crippen LogP contribution is -2.53. The molecule has 0 unspecified atom stereocenters. The molecule has 9 heteroatoms. The lowest BCUT2D eigenvalue weighted by Gasteiger charge is -2.27. The number of likely N-dealkylation sites (tertiary alicyclic amines) is 1. The Morgan fingerprint density at radius 1 is 1.03 bits per heavy atom. The van der Waals surface area contributed by atoms with E-state index in [4.69, 9.17) is 4.74 Å². The Labute approximate surface area is 216 Å². The van der Waals surface area contributed by atoms with E-state index in [-0.39, 0.29) is 36.8 Å². The van der Waals surface area contributed by atoms with Crippen LogP contribution in [0.3, 0.4) is 0 Å². The zero-order valence-electron chi connectivity index (χ0n) is 20.4. The van der Waals surface area contributed by atoms with Crippen molar-refractivity contribution in [2.45, 2.75) is 44.7 Å². The second-order valence-corrected chi connectivity index (χ2v) is 9.93. The molecule has 2 aliphatic rings. The summed E-state index contributed by atoms with van der Waals surface area (Å²) in [6.07, 6.45) is 0.468. The fourth-order valence-corrected chi connectivity index (χ4v) is 5.36. The molecule has 2 atom stereocenters. The molecule has 1 saturated heterocycles. The second-order valence-electron chi connectivity index (χ2n) is 9.49. The first-order chi connectivity index (χ1) is 17.3. The fraction of sp³-hybridized carbons (Fsp3) is 0.407. The molecule has 8 nitrogen and oxygen atoms in total. The van der Waals surface area contributed by atoms with Crippen LogP contribution in [0.4, 0.5) is 4.79 Å². The van der Waals surface area contributed by atoms with Gasteiger partial charge in [0.05, 0.1) is 0 Å². The van der Waals surface area contributed by atoms with E-state index in [0.29, 0.717) is 19.4 Å². The van der Waals surface area contributed by atoms with Gasteiger partial charge in [-0.1, -0.05) is 62.4 Å². The number of ether oxygens (including phenoxy) is 1. The van der Waals surface area contributed by atoms with Crippen molar-refractivity contribution in [2.75, 3.05) is 19.7 Å². The van der Waals surface area contributed by atoms with E-state index in [1.807, 2.05) is 50.2 Å². The molecule has 1 aliphatic heterocycles. The smallest absolute Gasteiger partial charge is 0.407 e. The molecular formula is C27H31N3O5S. The van der Waals surface area contributed by atoms with Gasteiger partial charge in [-0.05, 0) is 41.0 Å². The van der Waals surface area contributed by atoms with Gasteiger partial charge in [-0.25, -0.2) is 4.79 Å². The predicted octanol–water partition coefficient (Wildman–Crippen LogP) is 3.11. The van der Waals surface area contributed by atoms with Crippen molar-refractivity contribution in [1.29, 1.82) is 0 Å². The van der Waals surface area contributed by atoms with Crippen molar-refractivity contribution in [3.8, 4) is 11.1 Å². The van der Waals surface area contributed by atoms with Gasteiger partial charge >= 0.3 is 6.09 Å². The van der Waals surface area contributed by atoms with Crippen LogP contribution >= 0.6 is 12.6 Å². The molecule has 2 aromatic carbocycles. The summed E-state index contributed by atoms with van der Waals surface area (Å²) >= 11 is 3.86. The van der Waals surface area contributed by atoms with Crippen LogP contribution in [0.15, 0.2) is 48.5 Å². The standard InChI is InChI=1S/C27H31N3O5S/c1-16(2)24(26(33)36)29-25(32)22-12-7-13-30(22)23(31)14-28-27(34)35-15-21-19-10-5-3-8-17(19)18-9-4-6-11-20(18)21/h3-6,8-11,16,21-22,24H,7,12-15H2,1-2H3,(H,28,34)(H,29,32)(H,33,36)/t22-,24-/m0/s1. The van der Waals surface area contributed by atoms with Crippen molar-refractivity contribution < 1.29 is 23.9 Å². The maximum absolute atomic E-state index is 12.8. The number of hydrogen-bond acceptors (Lipinski definition) is 5. The molecule has 3 amide bonds.